The molecule has 17 heavy (non-hydrogen) atoms. The van der Waals surface area contributed by atoms with E-state index in [-0.39, 0.29) is 0 Å². The van der Waals surface area contributed by atoms with Gasteiger partial charge < -0.3 is 9.84 Å². The maximum Gasteiger partial charge on any atom is 0.231 e. The fraction of sp³-hybridized carbons (Fsp3) is 0.455. The van der Waals surface area contributed by atoms with Crippen LogP contribution in [0.3, 0.4) is 0 Å². The molecule has 6 heteroatoms. The molecular weight excluding hydrogens is 218 g/mol. The second-order valence-electron chi connectivity index (χ2n) is 4.14. The zero-order valence-electron chi connectivity index (χ0n) is 9.55. The quantitative estimate of drug-likeness (QED) is 0.827. The van der Waals surface area contributed by atoms with Gasteiger partial charge in [0.25, 0.3) is 0 Å². The normalized spacial score (nSPS) is 19.7. The Morgan fingerprint density at radius 1 is 1.41 bits per heavy atom. The first-order chi connectivity index (χ1) is 8.33. The molecule has 1 atom stereocenters. The lowest BCUT2D eigenvalue weighted by Crippen LogP contribution is -2.08. The number of aromatic nitrogens is 4. The van der Waals surface area contributed by atoms with Gasteiger partial charge in [0.15, 0.2) is 0 Å². The highest BCUT2D eigenvalue weighted by molar-refractivity contribution is 5.47. The van der Waals surface area contributed by atoms with Crippen LogP contribution in [0.5, 0.6) is 0 Å². The van der Waals surface area contributed by atoms with Crippen molar-refractivity contribution >= 4 is 0 Å². The van der Waals surface area contributed by atoms with Gasteiger partial charge >= 0.3 is 0 Å². The summed E-state index contributed by atoms with van der Waals surface area (Å²) < 4.78 is 5.28. The van der Waals surface area contributed by atoms with Gasteiger partial charge in [0, 0.05) is 12.7 Å². The van der Waals surface area contributed by atoms with Crippen LogP contribution >= 0.6 is 0 Å². The fourth-order valence-corrected chi connectivity index (χ4v) is 1.95. The molecule has 0 spiro atoms. The summed E-state index contributed by atoms with van der Waals surface area (Å²) in [6.07, 6.45) is 2.75. The first-order valence-corrected chi connectivity index (χ1v) is 5.67. The zero-order valence-corrected chi connectivity index (χ0v) is 9.55. The monoisotopic (exact) mass is 231 g/mol. The summed E-state index contributed by atoms with van der Waals surface area (Å²) in [5.41, 5.74) is 0.707. The largest absolute Gasteiger partial charge is 0.339 e. The number of nitrogens with one attached hydrogen (secondary N) is 1. The molecule has 6 nitrogen and oxygen atoms in total. The molecule has 0 radical (unpaired) electrons. The van der Waals surface area contributed by atoms with Crippen LogP contribution in [0.2, 0.25) is 0 Å². The van der Waals surface area contributed by atoms with Crippen LogP contribution in [-0.4, -0.2) is 33.2 Å². The van der Waals surface area contributed by atoms with Crippen molar-refractivity contribution in [1.82, 2.24) is 25.4 Å². The lowest BCUT2D eigenvalue weighted by atomic mass is 10.1. The number of rotatable bonds is 2. The Balaban J connectivity index is 1.89. The van der Waals surface area contributed by atoms with Crippen LogP contribution in [-0.2, 0) is 0 Å². The average Bonchev–Trinajstić information content (AvgIpc) is 3.00. The first kappa shape index (κ1) is 10.3. The van der Waals surface area contributed by atoms with Crippen molar-refractivity contribution in [2.24, 2.45) is 0 Å². The van der Waals surface area contributed by atoms with Gasteiger partial charge in [-0.25, -0.2) is 9.97 Å². The molecule has 0 aliphatic carbocycles. The Labute approximate surface area is 98.5 Å². The topological polar surface area (TPSA) is 76.7 Å². The van der Waals surface area contributed by atoms with Crippen LogP contribution in [0.25, 0.3) is 11.5 Å². The lowest BCUT2D eigenvalue weighted by Gasteiger charge is -1.98. The lowest BCUT2D eigenvalue weighted by molar-refractivity contribution is 0.359. The zero-order chi connectivity index (χ0) is 11.7. The van der Waals surface area contributed by atoms with Crippen LogP contribution in [0, 0.1) is 6.92 Å². The van der Waals surface area contributed by atoms with Gasteiger partial charge in [0.2, 0.25) is 11.7 Å². The van der Waals surface area contributed by atoms with Gasteiger partial charge in [-0.15, -0.1) is 0 Å². The van der Waals surface area contributed by atoms with Gasteiger partial charge in [-0.1, -0.05) is 5.16 Å². The summed E-state index contributed by atoms with van der Waals surface area (Å²) in [7, 11) is 0. The molecule has 1 N–H and O–H groups in total. The minimum absolute atomic E-state index is 0.333. The Hall–Kier alpha value is -1.82. The third-order valence-electron chi connectivity index (χ3n) is 2.86. The van der Waals surface area contributed by atoms with Crippen molar-refractivity contribution < 1.29 is 4.52 Å². The molecule has 0 saturated carbocycles. The molecule has 2 aromatic rings. The second-order valence-corrected chi connectivity index (χ2v) is 4.14. The van der Waals surface area contributed by atoms with E-state index in [2.05, 4.69) is 25.4 Å². The van der Waals surface area contributed by atoms with Crippen molar-refractivity contribution in [2.75, 3.05) is 13.1 Å². The van der Waals surface area contributed by atoms with E-state index in [1.807, 2.05) is 6.92 Å². The van der Waals surface area contributed by atoms with Crippen molar-refractivity contribution in [1.29, 1.82) is 0 Å². The predicted molar refractivity (Wildman–Crippen MR) is 60.3 cm³/mol. The summed E-state index contributed by atoms with van der Waals surface area (Å²) in [6, 6.07) is 1.79. The van der Waals surface area contributed by atoms with Crippen LogP contribution in [0.15, 0.2) is 16.8 Å². The molecule has 88 valence electrons. The van der Waals surface area contributed by atoms with E-state index in [0.717, 1.165) is 19.5 Å². The number of hydrogen-bond acceptors (Lipinski definition) is 6. The predicted octanol–water partition coefficient (Wildman–Crippen LogP) is 0.912. The van der Waals surface area contributed by atoms with Crippen molar-refractivity contribution in [3.8, 4) is 11.5 Å². The van der Waals surface area contributed by atoms with Gasteiger partial charge in [-0.2, -0.15) is 4.98 Å². The smallest absolute Gasteiger partial charge is 0.231 e. The Morgan fingerprint density at radius 2 is 2.35 bits per heavy atom. The third-order valence-corrected chi connectivity index (χ3v) is 2.86. The molecule has 1 unspecified atom stereocenters. The summed E-state index contributed by atoms with van der Waals surface area (Å²) in [5, 5.41) is 7.24. The first-order valence-electron chi connectivity index (χ1n) is 5.67. The molecule has 1 aliphatic rings. The molecule has 1 fully saturated rings. The standard InChI is InChI=1S/C11H13N5O/c1-7-13-5-3-9(14-7)10-15-11(17-16-10)8-2-4-12-6-8/h3,5,8,12H,2,4,6H2,1H3. The van der Waals surface area contributed by atoms with Crippen molar-refractivity contribution in [3.05, 3.63) is 24.0 Å². The van der Waals surface area contributed by atoms with Crippen LogP contribution in [0.4, 0.5) is 0 Å². The molecular formula is C11H13N5O. The van der Waals surface area contributed by atoms with E-state index in [1.54, 1.807) is 12.3 Å². The maximum atomic E-state index is 5.28. The van der Waals surface area contributed by atoms with E-state index >= 15 is 0 Å². The fourth-order valence-electron chi connectivity index (χ4n) is 1.95. The minimum Gasteiger partial charge on any atom is -0.339 e. The SMILES string of the molecule is Cc1nccc(-c2noc(C3CCNC3)n2)n1. The molecule has 3 heterocycles. The van der Waals surface area contributed by atoms with E-state index in [9.17, 15) is 0 Å². The van der Waals surface area contributed by atoms with Crippen molar-refractivity contribution in [3.63, 3.8) is 0 Å². The number of aryl methyl sites for hydroxylation is 1. The molecule has 3 rings (SSSR count). The van der Waals surface area contributed by atoms with Gasteiger partial charge in [-0.3, -0.25) is 0 Å². The molecule has 1 aliphatic heterocycles. The summed E-state index contributed by atoms with van der Waals surface area (Å²) >= 11 is 0. The molecule has 1 saturated heterocycles. The molecule has 0 aromatic carbocycles. The maximum absolute atomic E-state index is 5.28. The highest BCUT2D eigenvalue weighted by atomic mass is 16.5. The molecule has 0 bridgehead atoms. The second kappa shape index (κ2) is 4.21. The third kappa shape index (κ3) is 2.03. The molecule has 0 amide bonds. The Bertz CT molecular complexity index is 518. The summed E-state index contributed by atoms with van der Waals surface area (Å²) in [5.74, 6) is 2.27. The van der Waals surface area contributed by atoms with Crippen LogP contribution in [0.1, 0.15) is 24.1 Å². The highest BCUT2D eigenvalue weighted by Crippen LogP contribution is 2.22. The highest BCUT2D eigenvalue weighted by Gasteiger charge is 2.23. The van der Waals surface area contributed by atoms with Crippen molar-refractivity contribution in [2.45, 2.75) is 19.3 Å². The minimum atomic E-state index is 0.333. The molecule has 2 aromatic heterocycles. The van der Waals surface area contributed by atoms with E-state index in [0.29, 0.717) is 29.2 Å². The average molecular weight is 231 g/mol. The van der Waals surface area contributed by atoms with Gasteiger partial charge in [0.05, 0.1) is 5.92 Å². The van der Waals surface area contributed by atoms with E-state index in [1.165, 1.54) is 0 Å². The number of nitrogens with zero attached hydrogens (tertiary/aromatic N) is 4. The van der Waals surface area contributed by atoms with E-state index in [4.69, 9.17) is 4.52 Å². The number of hydrogen-bond donors (Lipinski definition) is 1. The summed E-state index contributed by atoms with van der Waals surface area (Å²) in [6.45, 7) is 3.75. The summed E-state index contributed by atoms with van der Waals surface area (Å²) in [4.78, 5) is 12.7. The van der Waals surface area contributed by atoms with E-state index < -0.39 is 0 Å². The van der Waals surface area contributed by atoms with Gasteiger partial charge in [0.1, 0.15) is 11.5 Å². The van der Waals surface area contributed by atoms with Crippen LogP contribution < -0.4 is 5.32 Å². The Kier molecular flexibility index (Phi) is 2.56. The van der Waals surface area contributed by atoms with Gasteiger partial charge in [-0.05, 0) is 26.0 Å². The Morgan fingerprint density at radius 3 is 3.12 bits per heavy atom.